The quantitative estimate of drug-likeness (QED) is 0.671. The molecule has 1 aromatic carbocycles. The Morgan fingerprint density at radius 2 is 2.04 bits per heavy atom. The van der Waals surface area contributed by atoms with Crippen LogP contribution in [0.5, 0.6) is 0 Å². The predicted molar refractivity (Wildman–Crippen MR) is 94.3 cm³/mol. The number of thiazole rings is 1. The number of carbonyl (C=O) groups excluding carboxylic acids is 1. The number of aromatic nitrogens is 1. The smallest absolute Gasteiger partial charge is 0.273 e. The zero-order valence-corrected chi connectivity index (χ0v) is 14.3. The maximum Gasteiger partial charge on any atom is 0.273 e. The van der Waals surface area contributed by atoms with Crippen molar-refractivity contribution >= 4 is 22.9 Å². The van der Waals surface area contributed by atoms with E-state index in [1.54, 1.807) is 17.5 Å². The molecule has 0 bridgehead atoms. The van der Waals surface area contributed by atoms with Crippen molar-refractivity contribution in [2.45, 2.75) is 18.9 Å². The Hall–Kier alpha value is -2.32. The molecule has 4 rings (SSSR count). The Morgan fingerprint density at radius 1 is 1.28 bits per heavy atom. The number of nitro groups is 1. The van der Waals surface area contributed by atoms with E-state index >= 15 is 0 Å². The van der Waals surface area contributed by atoms with Crippen LogP contribution >= 0.6 is 11.3 Å². The molecule has 3 atom stereocenters. The van der Waals surface area contributed by atoms with Crippen LogP contribution in [0.25, 0.3) is 10.6 Å². The summed E-state index contributed by atoms with van der Waals surface area (Å²) in [6.45, 7) is 1.48. The number of amides is 1. The number of hydrogen-bond donors (Lipinski definition) is 1. The lowest BCUT2D eigenvalue weighted by atomic mass is 9.98. The SMILES string of the molecule is NC1CCC2CN(C(=O)c3csc(-c4ccc([N+](=O)[O-])cc4)n3)CC12. The third kappa shape index (κ3) is 2.91. The molecular weight excluding hydrogens is 340 g/mol. The van der Waals surface area contributed by atoms with Crippen LogP contribution < -0.4 is 5.73 Å². The summed E-state index contributed by atoms with van der Waals surface area (Å²) in [7, 11) is 0. The van der Waals surface area contributed by atoms with Gasteiger partial charge in [0.05, 0.1) is 4.92 Å². The van der Waals surface area contributed by atoms with E-state index in [1.165, 1.54) is 23.5 Å². The maximum absolute atomic E-state index is 12.7. The van der Waals surface area contributed by atoms with Gasteiger partial charge in [-0.15, -0.1) is 11.3 Å². The topological polar surface area (TPSA) is 102 Å². The molecule has 0 spiro atoms. The number of benzene rings is 1. The molecule has 2 N–H and O–H groups in total. The van der Waals surface area contributed by atoms with Gasteiger partial charge in [0, 0.05) is 42.2 Å². The normalized spacial score (nSPS) is 25.2. The van der Waals surface area contributed by atoms with E-state index in [1.807, 2.05) is 4.90 Å². The summed E-state index contributed by atoms with van der Waals surface area (Å²) in [5, 5.41) is 13.2. The molecule has 1 aliphatic heterocycles. The molecule has 8 heteroatoms. The van der Waals surface area contributed by atoms with Crippen LogP contribution in [0.2, 0.25) is 0 Å². The van der Waals surface area contributed by atoms with Gasteiger partial charge < -0.3 is 10.6 Å². The molecule has 0 radical (unpaired) electrons. The number of rotatable bonds is 3. The Kier molecular flexibility index (Phi) is 4.01. The summed E-state index contributed by atoms with van der Waals surface area (Å²) in [4.78, 5) is 29.3. The Balaban J connectivity index is 1.49. The number of nitrogens with two attached hydrogens (primary N) is 1. The lowest BCUT2D eigenvalue weighted by Gasteiger charge is -2.17. The Morgan fingerprint density at radius 3 is 2.72 bits per heavy atom. The monoisotopic (exact) mass is 358 g/mol. The zero-order chi connectivity index (χ0) is 17.6. The fourth-order valence-corrected chi connectivity index (χ4v) is 4.67. The first-order valence-electron chi connectivity index (χ1n) is 8.28. The average molecular weight is 358 g/mol. The number of nitro benzene ring substituents is 1. The van der Waals surface area contributed by atoms with Crippen LogP contribution in [0, 0.1) is 22.0 Å². The summed E-state index contributed by atoms with van der Waals surface area (Å²) >= 11 is 1.37. The van der Waals surface area contributed by atoms with Crippen molar-refractivity contribution < 1.29 is 9.72 Å². The Labute approximate surface area is 148 Å². The van der Waals surface area contributed by atoms with E-state index in [-0.39, 0.29) is 17.6 Å². The van der Waals surface area contributed by atoms with Crippen molar-refractivity contribution in [1.29, 1.82) is 0 Å². The van der Waals surface area contributed by atoms with Crippen LogP contribution in [0.15, 0.2) is 29.6 Å². The van der Waals surface area contributed by atoms with Gasteiger partial charge in [0.1, 0.15) is 10.7 Å². The molecule has 2 aliphatic rings. The molecule has 25 heavy (non-hydrogen) atoms. The number of hydrogen-bond acceptors (Lipinski definition) is 6. The van der Waals surface area contributed by atoms with Crippen molar-refractivity contribution in [2.75, 3.05) is 13.1 Å². The maximum atomic E-state index is 12.7. The molecule has 1 aliphatic carbocycles. The van der Waals surface area contributed by atoms with E-state index in [0.717, 1.165) is 31.5 Å². The highest BCUT2D eigenvalue weighted by molar-refractivity contribution is 7.13. The van der Waals surface area contributed by atoms with E-state index in [0.29, 0.717) is 22.5 Å². The minimum absolute atomic E-state index is 0.0385. The number of fused-ring (bicyclic) bond motifs is 1. The van der Waals surface area contributed by atoms with Crippen LogP contribution in [0.1, 0.15) is 23.3 Å². The van der Waals surface area contributed by atoms with Crippen LogP contribution in [0.3, 0.4) is 0 Å². The fourth-order valence-electron chi connectivity index (χ4n) is 3.87. The Bertz CT molecular complexity index is 820. The van der Waals surface area contributed by atoms with E-state index in [4.69, 9.17) is 5.73 Å². The van der Waals surface area contributed by atoms with Crippen molar-refractivity contribution in [3.63, 3.8) is 0 Å². The minimum Gasteiger partial charge on any atom is -0.337 e. The van der Waals surface area contributed by atoms with Crippen molar-refractivity contribution in [2.24, 2.45) is 17.6 Å². The molecule has 1 amide bonds. The lowest BCUT2D eigenvalue weighted by molar-refractivity contribution is -0.384. The number of likely N-dealkylation sites (tertiary alicyclic amines) is 1. The second-order valence-corrected chi connectivity index (χ2v) is 7.58. The van der Waals surface area contributed by atoms with Crippen LogP contribution in [-0.2, 0) is 0 Å². The van der Waals surface area contributed by atoms with Crippen molar-refractivity contribution in [3.8, 4) is 10.6 Å². The van der Waals surface area contributed by atoms with Gasteiger partial charge in [-0.3, -0.25) is 14.9 Å². The summed E-state index contributed by atoms with van der Waals surface area (Å²) in [6, 6.07) is 6.41. The molecule has 2 aromatic rings. The van der Waals surface area contributed by atoms with Crippen molar-refractivity contribution in [3.05, 3.63) is 45.5 Å². The first-order chi connectivity index (χ1) is 12.0. The highest BCUT2D eigenvalue weighted by atomic mass is 32.1. The molecular formula is C17H18N4O3S. The zero-order valence-electron chi connectivity index (χ0n) is 13.5. The highest BCUT2D eigenvalue weighted by Gasteiger charge is 2.42. The molecule has 1 saturated carbocycles. The second-order valence-electron chi connectivity index (χ2n) is 6.72. The van der Waals surface area contributed by atoms with E-state index in [9.17, 15) is 14.9 Å². The molecule has 130 valence electrons. The molecule has 1 aromatic heterocycles. The largest absolute Gasteiger partial charge is 0.337 e. The van der Waals surface area contributed by atoms with Gasteiger partial charge in [-0.05, 0) is 36.8 Å². The summed E-state index contributed by atoms with van der Waals surface area (Å²) in [6.07, 6.45) is 2.15. The fraction of sp³-hybridized carbons (Fsp3) is 0.412. The summed E-state index contributed by atoms with van der Waals surface area (Å²) in [5.41, 5.74) is 7.38. The van der Waals surface area contributed by atoms with Gasteiger partial charge in [0.2, 0.25) is 0 Å². The van der Waals surface area contributed by atoms with Gasteiger partial charge in [0.15, 0.2) is 0 Å². The molecule has 1 saturated heterocycles. The molecule has 2 fully saturated rings. The van der Waals surface area contributed by atoms with Crippen LogP contribution in [0.4, 0.5) is 5.69 Å². The van der Waals surface area contributed by atoms with Crippen molar-refractivity contribution in [1.82, 2.24) is 9.88 Å². The van der Waals surface area contributed by atoms with Crippen LogP contribution in [-0.4, -0.2) is 39.8 Å². The molecule has 3 unspecified atom stereocenters. The molecule has 7 nitrogen and oxygen atoms in total. The van der Waals surface area contributed by atoms with Gasteiger partial charge >= 0.3 is 0 Å². The third-order valence-corrected chi connectivity index (χ3v) is 6.14. The number of carbonyl (C=O) groups is 1. The minimum atomic E-state index is -0.435. The van der Waals surface area contributed by atoms with Gasteiger partial charge in [-0.25, -0.2) is 4.98 Å². The standard InChI is InChI=1S/C17H18N4O3S/c18-14-6-3-11-7-20(8-13(11)14)17(22)15-9-25-16(19-15)10-1-4-12(5-2-10)21(23)24/h1-2,4-5,9,11,13-14H,3,6-8,18H2. The summed E-state index contributed by atoms with van der Waals surface area (Å²) in [5.74, 6) is 0.884. The second kappa shape index (κ2) is 6.20. The lowest BCUT2D eigenvalue weighted by Crippen LogP contribution is -2.33. The predicted octanol–water partition coefficient (Wildman–Crippen LogP) is 2.53. The molecule has 2 heterocycles. The van der Waals surface area contributed by atoms with Gasteiger partial charge in [0.25, 0.3) is 11.6 Å². The van der Waals surface area contributed by atoms with Gasteiger partial charge in [-0.1, -0.05) is 0 Å². The first kappa shape index (κ1) is 16.2. The average Bonchev–Trinajstić information content (AvgIpc) is 3.32. The number of non-ortho nitro benzene ring substituents is 1. The summed E-state index contributed by atoms with van der Waals surface area (Å²) < 4.78 is 0. The van der Waals surface area contributed by atoms with E-state index in [2.05, 4.69) is 4.98 Å². The van der Waals surface area contributed by atoms with E-state index < -0.39 is 4.92 Å². The van der Waals surface area contributed by atoms with Gasteiger partial charge in [-0.2, -0.15) is 0 Å². The number of nitrogens with zero attached hydrogens (tertiary/aromatic N) is 3. The highest BCUT2D eigenvalue weighted by Crippen LogP contribution is 2.37. The first-order valence-corrected chi connectivity index (χ1v) is 9.16. The third-order valence-electron chi connectivity index (χ3n) is 5.25.